The van der Waals surface area contributed by atoms with Crippen LogP contribution in [0.2, 0.25) is 0 Å². The van der Waals surface area contributed by atoms with Crippen LogP contribution in [0, 0.1) is 12.8 Å². The van der Waals surface area contributed by atoms with Crippen molar-refractivity contribution in [1.29, 1.82) is 0 Å². The highest BCUT2D eigenvalue weighted by molar-refractivity contribution is 6.02. The minimum Gasteiger partial charge on any atom is -0.457 e. The molecule has 33 heavy (non-hydrogen) atoms. The van der Waals surface area contributed by atoms with E-state index < -0.39 is 18.0 Å². The third-order valence-electron chi connectivity index (χ3n) is 5.58. The lowest BCUT2D eigenvalue weighted by Crippen LogP contribution is -2.30. The van der Waals surface area contributed by atoms with Crippen molar-refractivity contribution in [2.75, 3.05) is 11.4 Å². The molecule has 4 rings (SSSR count). The molecule has 1 fully saturated rings. The fourth-order valence-electron chi connectivity index (χ4n) is 3.71. The lowest BCUT2D eigenvalue weighted by molar-refractivity contribution is -0.151. The number of ether oxygens (including phenoxy) is 2. The van der Waals surface area contributed by atoms with E-state index >= 15 is 0 Å². The summed E-state index contributed by atoms with van der Waals surface area (Å²) in [6.07, 6.45) is -0.866. The Morgan fingerprint density at radius 1 is 0.909 bits per heavy atom. The van der Waals surface area contributed by atoms with Crippen molar-refractivity contribution in [2.24, 2.45) is 5.92 Å². The van der Waals surface area contributed by atoms with Crippen molar-refractivity contribution in [3.63, 3.8) is 0 Å². The maximum absolute atomic E-state index is 12.6. The second kappa shape index (κ2) is 9.69. The predicted octanol–water partition coefficient (Wildman–Crippen LogP) is 4.95. The van der Waals surface area contributed by atoms with Crippen LogP contribution in [0.4, 0.5) is 5.69 Å². The van der Waals surface area contributed by atoms with Gasteiger partial charge in [-0.05, 0) is 50.2 Å². The highest BCUT2D eigenvalue weighted by atomic mass is 16.5. The molecule has 6 heteroatoms. The number of Topliss-reactive ketones (excluding diaryl/α,β-unsaturated/α-hetero) is 1. The molecule has 0 radical (unpaired) electrons. The molecule has 1 aliphatic rings. The lowest BCUT2D eigenvalue weighted by atomic mass is 10.1. The molecule has 1 heterocycles. The van der Waals surface area contributed by atoms with E-state index in [1.54, 1.807) is 60.4 Å². The zero-order valence-electron chi connectivity index (χ0n) is 18.6. The predicted molar refractivity (Wildman–Crippen MR) is 124 cm³/mol. The number of ketones is 1. The summed E-state index contributed by atoms with van der Waals surface area (Å²) in [5.41, 5.74) is 2.31. The van der Waals surface area contributed by atoms with Gasteiger partial charge in [0.25, 0.3) is 0 Å². The summed E-state index contributed by atoms with van der Waals surface area (Å²) >= 11 is 0. The maximum Gasteiger partial charge on any atom is 0.312 e. The summed E-state index contributed by atoms with van der Waals surface area (Å²) in [4.78, 5) is 39.2. The molecule has 0 aliphatic carbocycles. The van der Waals surface area contributed by atoms with Gasteiger partial charge in [0.2, 0.25) is 11.7 Å². The summed E-state index contributed by atoms with van der Waals surface area (Å²) in [6, 6.07) is 23.6. The number of carbonyl (C=O) groups excluding carboxylic acids is 3. The second-order valence-electron chi connectivity index (χ2n) is 8.12. The standard InChI is InChI=1S/C27H25NO5/c1-18-8-12-23(13-9-18)33-24-14-10-22(11-15-24)28-17-21(16-25(28)29)27(31)32-19(2)26(30)20-6-4-3-5-7-20/h3-15,19,21H,16-17H2,1-2H3/t19-,21+/m1/s1. The Morgan fingerprint density at radius 3 is 2.15 bits per heavy atom. The normalized spacial score (nSPS) is 16.4. The quantitative estimate of drug-likeness (QED) is 0.381. The van der Waals surface area contributed by atoms with Gasteiger partial charge in [-0.15, -0.1) is 0 Å². The molecule has 0 N–H and O–H groups in total. The van der Waals surface area contributed by atoms with E-state index in [9.17, 15) is 14.4 Å². The topological polar surface area (TPSA) is 72.9 Å². The number of esters is 1. The van der Waals surface area contributed by atoms with Crippen LogP contribution in [0.5, 0.6) is 11.5 Å². The van der Waals surface area contributed by atoms with Crippen molar-refractivity contribution in [3.05, 3.63) is 90.0 Å². The number of rotatable bonds is 7. The molecule has 1 aliphatic heterocycles. The molecule has 0 bridgehead atoms. The summed E-state index contributed by atoms with van der Waals surface area (Å²) in [6.45, 7) is 3.77. The first-order valence-corrected chi connectivity index (χ1v) is 10.9. The third-order valence-corrected chi connectivity index (χ3v) is 5.58. The second-order valence-corrected chi connectivity index (χ2v) is 8.12. The van der Waals surface area contributed by atoms with Gasteiger partial charge in [0, 0.05) is 24.2 Å². The highest BCUT2D eigenvalue weighted by Gasteiger charge is 2.37. The lowest BCUT2D eigenvalue weighted by Gasteiger charge is -2.18. The Balaban J connectivity index is 1.36. The third kappa shape index (κ3) is 5.29. The van der Waals surface area contributed by atoms with Gasteiger partial charge in [-0.3, -0.25) is 14.4 Å². The smallest absolute Gasteiger partial charge is 0.312 e. The molecule has 2 atom stereocenters. The average molecular weight is 443 g/mol. The van der Waals surface area contributed by atoms with E-state index in [4.69, 9.17) is 9.47 Å². The Labute approximate surface area is 192 Å². The van der Waals surface area contributed by atoms with E-state index in [1.165, 1.54) is 0 Å². The highest BCUT2D eigenvalue weighted by Crippen LogP contribution is 2.29. The van der Waals surface area contributed by atoms with E-state index in [0.29, 0.717) is 17.0 Å². The minimum absolute atomic E-state index is 0.0483. The molecule has 168 valence electrons. The van der Waals surface area contributed by atoms with Gasteiger partial charge in [0.1, 0.15) is 11.5 Å². The Bertz CT molecular complexity index is 1140. The fourth-order valence-corrected chi connectivity index (χ4v) is 3.71. The molecule has 3 aromatic rings. The van der Waals surface area contributed by atoms with Crippen LogP contribution < -0.4 is 9.64 Å². The number of amides is 1. The van der Waals surface area contributed by atoms with Crippen LogP contribution >= 0.6 is 0 Å². The van der Waals surface area contributed by atoms with Gasteiger partial charge < -0.3 is 14.4 Å². The molecule has 0 saturated carbocycles. The van der Waals surface area contributed by atoms with Crippen LogP contribution in [0.3, 0.4) is 0 Å². The number of hydrogen-bond donors (Lipinski definition) is 0. The van der Waals surface area contributed by atoms with Crippen LogP contribution in [-0.2, 0) is 14.3 Å². The molecular weight excluding hydrogens is 418 g/mol. The molecule has 0 unspecified atom stereocenters. The number of nitrogens with zero attached hydrogens (tertiary/aromatic N) is 1. The summed E-state index contributed by atoms with van der Waals surface area (Å²) < 4.78 is 11.2. The molecule has 0 spiro atoms. The fraction of sp³-hybridized carbons (Fsp3) is 0.222. The first kappa shape index (κ1) is 22.3. The maximum atomic E-state index is 12.6. The van der Waals surface area contributed by atoms with Crippen molar-refractivity contribution >= 4 is 23.3 Å². The van der Waals surface area contributed by atoms with Gasteiger partial charge in [-0.2, -0.15) is 0 Å². The van der Waals surface area contributed by atoms with Gasteiger partial charge >= 0.3 is 5.97 Å². The average Bonchev–Trinajstić information content (AvgIpc) is 3.23. The van der Waals surface area contributed by atoms with Gasteiger partial charge in [-0.25, -0.2) is 0 Å². The molecule has 6 nitrogen and oxygen atoms in total. The van der Waals surface area contributed by atoms with Gasteiger partial charge in [0.15, 0.2) is 6.10 Å². The number of hydrogen-bond acceptors (Lipinski definition) is 5. The summed E-state index contributed by atoms with van der Waals surface area (Å²) in [5.74, 6) is -0.208. The zero-order valence-corrected chi connectivity index (χ0v) is 18.6. The number of carbonyl (C=O) groups is 3. The Hall–Kier alpha value is -3.93. The minimum atomic E-state index is -0.915. The molecular formula is C27H25NO5. The number of aryl methyl sites for hydroxylation is 1. The molecule has 0 aromatic heterocycles. The van der Waals surface area contributed by atoms with Crippen LogP contribution in [-0.4, -0.2) is 30.3 Å². The Morgan fingerprint density at radius 2 is 1.52 bits per heavy atom. The molecule has 3 aromatic carbocycles. The van der Waals surface area contributed by atoms with E-state index in [0.717, 1.165) is 11.3 Å². The van der Waals surface area contributed by atoms with Gasteiger partial charge in [0.05, 0.1) is 5.92 Å². The number of anilines is 1. The molecule has 1 amide bonds. The van der Waals surface area contributed by atoms with Crippen molar-refractivity contribution in [3.8, 4) is 11.5 Å². The summed E-state index contributed by atoms with van der Waals surface area (Å²) in [5, 5.41) is 0. The molecule has 1 saturated heterocycles. The van der Waals surface area contributed by atoms with Crippen molar-refractivity contribution in [2.45, 2.75) is 26.4 Å². The monoisotopic (exact) mass is 443 g/mol. The first-order chi connectivity index (χ1) is 15.9. The van der Waals surface area contributed by atoms with Crippen LogP contribution in [0.1, 0.15) is 29.3 Å². The zero-order chi connectivity index (χ0) is 23.4. The Kier molecular flexibility index (Phi) is 6.54. The first-order valence-electron chi connectivity index (χ1n) is 10.9. The van der Waals surface area contributed by atoms with Gasteiger partial charge in [-0.1, -0.05) is 48.0 Å². The van der Waals surface area contributed by atoms with Crippen LogP contribution in [0.15, 0.2) is 78.9 Å². The van der Waals surface area contributed by atoms with E-state index in [-0.39, 0.29) is 24.7 Å². The van der Waals surface area contributed by atoms with Crippen LogP contribution in [0.25, 0.3) is 0 Å². The van der Waals surface area contributed by atoms with Crippen molar-refractivity contribution in [1.82, 2.24) is 0 Å². The van der Waals surface area contributed by atoms with Crippen molar-refractivity contribution < 1.29 is 23.9 Å². The van der Waals surface area contributed by atoms with E-state index in [2.05, 4.69) is 0 Å². The summed E-state index contributed by atoms with van der Waals surface area (Å²) in [7, 11) is 0. The number of benzene rings is 3. The van der Waals surface area contributed by atoms with E-state index in [1.807, 2.05) is 37.3 Å². The largest absolute Gasteiger partial charge is 0.457 e. The SMILES string of the molecule is Cc1ccc(Oc2ccc(N3C[C@@H](C(=O)O[C@H](C)C(=O)c4ccccc4)CC3=O)cc2)cc1.